The van der Waals surface area contributed by atoms with E-state index in [4.69, 9.17) is 5.11 Å². The Morgan fingerprint density at radius 1 is 1.53 bits per heavy atom. The predicted molar refractivity (Wildman–Crippen MR) is 65.5 cm³/mol. The fraction of sp³-hybridized carbons (Fsp3) is 0.385. The van der Waals surface area contributed by atoms with E-state index in [1.165, 1.54) is 18.3 Å². The van der Waals surface area contributed by atoms with E-state index in [2.05, 4.69) is 4.98 Å². The van der Waals surface area contributed by atoms with Crippen molar-refractivity contribution in [3.8, 4) is 5.75 Å². The van der Waals surface area contributed by atoms with E-state index in [-0.39, 0.29) is 18.1 Å². The van der Waals surface area contributed by atoms with Crippen molar-refractivity contribution in [2.75, 3.05) is 0 Å². The molecule has 4 nitrogen and oxygen atoms in total. The zero-order valence-corrected chi connectivity index (χ0v) is 10.1. The molecule has 0 aromatic carbocycles. The molecule has 4 heteroatoms. The van der Waals surface area contributed by atoms with Crippen molar-refractivity contribution in [2.45, 2.75) is 33.3 Å². The second-order valence-electron chi connectivity index (χ2n) is 3.84. The number of ketones is 1. The molecule has 1 rings (SSSR count). The van der Waals surface area contributed by atoms with Gasteiger partial charge in [-0.15, -0.1) is 0 Å². The average molecular weight is 235 g/mol. The summed E-state index contributed by atoms with van der Waals surface area (Å²) >= 11 is 0. The van der Waals surface area contributed by atoms with Crippen LogP contribution in [0.15, 0.2) is 12.3 Å². The molecular weight excluding hydrogens is 218 g/mol. The Kier molecular flexibility index (Phi) is 4.84. The third-order valence-electron chi connectivity index (χ3n) is 2.46. The number of aliphatic hydroxyl groups is 1. The number of aromatic hydroxyl groups is 1. The van der Waals surface area contributed by atoms with Gasteiger partial charge in [-0.2, -0.15) is 0 Å². The van der Waals surface area contributed by atoms with E-state index in [1.807, 2.05) is 6.92 Å². The lowest BCUT2D eigenvalue weighted by Crippen LogP contribution is -1.96. The molecule has 0 spiro atoms. The maximum atomic E-state index is 11.4. The standard InChI is InChI=1S/C13H17NO3/c1-3-4-11(16)5-6-12-10(8-15)7-14-9(2)13(12)17/h5-7,15,17H,3-4,8H2,1-2H3. The number of rotatable bonds is 5. The lowest BCUT2D eigenvalue weighted by Gasteiger charge is -2.07. The van der Waals surface area contributed by atoms with Gasteiger partial charge in [0.1, 0.15) is 5.75 Å². The van der Waals surface area contributed by atoms with Crippen molar-refractivity contribution in [3.63, 3.8) is 0 Å². The van der Waals surface area contributed by atoms with Crippen LogP contribution in [0.5, 0.6) is 5.75 Å². The lowest BCUT2D eigenvalue weighted by molar-refractivity contribution is -0.114. The van der Waals surface area contributed by atoms with E-state index >= 15 is 0 Å². The number of nitrogens with zero attached hydrogens (tertiary/aromatic N) is 1. The minimum Gasteiger partial charge on any atom is -0.505 e. The summed E-state index contributed by atoms with van der Waals surface area (Å²) in [6.07, 6.45) is 5.73. The number of allylic oxidation sites excluding steroid dienone is 1. The Morgan fingerprint density at radius 2 is 2.24 bits per heavy atom. The summed E-state index contributed by atoms with van der Waals surface area (Å²) in [4.78, 5) is 15.3. The molecule has 17 heavy (non-hydrogen) atoms. The first-order valence-corrected chi connectivity index (χ1v) is 5.59. The molecule has 0 fully saturated rings. The molecule has 0 saturated carbocycles. The Hall–Kier alpha value is -1.68. The Bertz CT molecular complexity index is 439. The summed E-state index contributed by atoms with van der Waals surface area (Å²) < 4.78 is 0. The monoisotopic (exact) mass is 235 g/mol. The van der Waals surface area contributed by atoms with E-state index in [1.54, 1.807) is 6.92 Å². The number of pyridine rings is 1. The van der Waals surface area contributed by atoms with Gasteiger partial charge in [0, 0.05) is 23.7 Å². The maximum Gasteiger partial charge on any atom is 0.155 e. The Labute approximate surface area is 101 Å². The molecule has 0 saturated heterocycles. The molecule has 1 heterocycles. The van der Waals surface area contributed by atoms with Crippen LogP contribution in [0, 0.1) is 6.92 Å². The fourth-order valence-electron chi connectivity index (χ4n) is 1.47. The molecule has 0 amide bonds. The molecular formula is C13H17NO3. The summed E-state index contributed by atoms with van der Waals surface area (Å²) in [6, 6.07) is 0. The molecule has 0 unspecified atom stereocenters. The van der Waals surface area contributed by atoms with Gasteiger partial charge in [-0.1, -0.05) is 6.92 Å². The van der Waals surface area contributed by atoms with Crippen molar-refractivity contribution in [1.29, 1.82) is 0 Å². The summed E-state index contributed by atoms with van der Waals surface area (Å²) in [6.45, 7) is 3.38. The zero-order valence-electron chi connectivity index (χ0n) is 10.1. The molecule has 1 aromatic heterocycles. The number of aryl methyl sites for hydroxylation is 1. The van der Waals surface area contributed by atoms with Gasteiger partial charge in [0.05, 0.1) is 12.3 Å². The van der Waals surface area contributed by atoms with Crippen molar-refractivity contribution in [2.24, 2.45) is 0 Å². The third kappa shape index (κ3) is 3.39. The number of aliphatic hydroxyl groups excluding tert-OH is 1. The fourth-order valence-corrected chi connectivity index (χ4v) is 1.47. The highest BCUT2D eigenvalue weighted by atomic mass is 16.3. The van der Waals surface area contributed by atoms with E-state index < -0.39 is 0 Å². The van der Waals surface area contributed by atoms with Crippen molar-refractivity contribution in [3.05, 3.63) is 29.1 Å². The second kappa shape index (κ2) is 6.15. The highest BCUT2D eigenvalue weighted by Gasteiger charge is 2.08. The minimum absolute atomic E-state index is 0.00487. The number of hydrogen-bond acceptors (Lipinski definition) is 4. The summed E-state index contributed by atoms with van der Waals surface area (Å²) in [7, 11) is 0. The SMILES string of the molecule is CCCC(=O)C=Cc1c(CO)cnc(C)c1O. The molecule has 0 bridgehead atoms. The predicted octanol–water partition coefficient (Wildman–Crippen LogP) is 1.97. The number of hydrogen-bond donors (Lipinski definition) is 2. The van der Waals surface area contributed by atoms with Crippen molar-refractivity contribution in [1.82, 2.24) is 4.98 Å². The van der Waals surface area contributed by atoms with Crippen LogP contribution in [0.2, 0.25) is 0 Å². The normalized spacial score (nSPS) is 11.0. The molecule has 2 N–H and O–H groups in total. The summed E-state index contributed by atoms with van der Waals surface area (Å²) in [5, 5.41) is 18.9. The Balaban J connectivity index is 3.04. The first-order chi connectivity index (χ1) is 8.10. The maximum absolute atomic E-state index is 11.4. The topological polar surface area (TPSA) is 70.4 Å². The summed E-state index contributed by atoms with van der Waals surface area (Å²) in [5.74, 6) is 0.0161. The van der Waals surface area contributed by atoms with E-state index in [0.29, 0.717) is 23.2 Å². The van der Waals surface area contributed by atoms with Crippen LogP contribution in [0.1, 0.15) is 36.6 Å². The van der Waals surface area contributed by atoms with Crippen LogP contribution in [-0.2, 0) is 11.4 Å². The molecule has 0 aliphatic heterocycles. The van der Waals surface area contributed by atoms with Gasteiger partial charge in [-0.25, -0.2) is 0 Å². The molecule has 0 atom stereocenters. The second-order valence-corrected chi connectivity index (χ2v) is 3.84. The molecule has 1 aromatic rings. The smallest absolute Gasteiger partial charge is 0.155 e. The first-order valence-electron chi connectivity index (χ1n) is 5.59. The van der Waals surface area contributed by atoms with Crippen LogP contribution < -0.4 is 0 Å². The van der Waals surface area contributed by atoms with Gasteiger partial charge in [0.25, 0.3) is 0 Å². The van der Waals surface area contributed by atoms with Gasteiger partial charge >= 0.3 is 0 Å². The highest BCUT2D eigenvalue weighted by molar-refractivity contribution is 5.94. The molecule has 0 aliphatic rings. The van der Waals surface area contributed by atoms with Crippen LogP contribution >= 0.6 is 0 Å². The molecule has 0 radical (unpaired) electrons. The largest absolute Gasteiger partial charge is 0.505 e. The van der Waals surface area contributed by atoms with Gasteiger partial charge in [-0.3, -0.25) is 9.78 Å². The van der Waals surface area contributed by atoms with Crippen LogP contribution in [-0.4, -0.2) is 21.0 Å². The van der Waals surface area contributed by atoms with Crippen LogP contribution in [0.4, 0.5) is 0 Å². The van der Waals surface area contributed by atoms with Crippen molar-refractivity contribution < 1.29 is 15.0 Å². The van der Waals surface area contributed by atoms with Gasteiger partial charge in [0.2, 0.25) is 0 Å². The number of carbonyl (C=O) groups is 1. The molecule has 92 valence electrons. The van der Waals surface area contributed by atoms with Crippen LogP contribution in [0.3, 0.4) is 0 Å². The van der Waals surface area contributed by atoms with Gasteiger partial charge in [0.15, 0.2) is 5.78 Å². The Morgan fingerprint density at radius 3 is 2.82 bits per heavy atom. The number of carbonyl (C=O) groups excluding carboxylic acids is 1. The average Bonchev–Trinajstić information content (AvgIpc) is 2.31. The molecule has 0 aliphatic carbocycles. The van der Waals surface area contributed by atoms with Gasteiger partial charge in [-0.05, 0) is 25.5 Å². The minimum atomic E-state index is -0.220. The van der Waals surface area contributed by atoms with Gasteiger partial charge < -0.3 is 10.2 Å². The number of aromatic nitrogens is 1. The first kappa shape index (κ1) is 13.4. The summed E-state index contributed by atoms with van der Waals surface area (Å²) in [5.41, 5.74) is 1.45. The third-order valence-corrected chi connectivity index (χ3v) is 2.46. The highest BCUT2D eigenvalue weighted by Crippen LogP contribution is 2.25. The zero-order chi connectivity index (χ0) is 12.8. The van der Waals surface area contributed by atoms with Crippen molar-refractivity contribution >= 4 is 11.9 Å². The van der Waals surface area contributed by atoms with Crippen LogP contribution in [0.25, 0.3) is 6.08 Å². The van der Waals surface area contributed by atoms with E-state index in [9.17, 15) is 9.90 Å². The quantitative estimate of drug-likeness (QED) is 0.765. The lowest BCUT2D eigenvalue weighted by atomic mass is 10.1. The van der Waals surface area contributed by atoms with E-state index in [0.717, 1.165) is 6.42 Å².